The number of hydrogen-bond donors (Lipinski definition) is 1. The average Bonchev–Trinajstić information content (AvgIpc) is 2.66. The van der Waals surface area contributed by atoms with Gasteiger partial charge in [0, 0.05) is 12.1 Å². The minimum Gasteiger partial charge on any atom is -0.493 e. The second-order valence-electron chi connectivity index (χ2n) is 6.16. The number of benzene rings is 2. The number of carbonyl (C=O) groups excluding carboxylic acids is 1. The quantitative estimate of drug-likeness (QED) is 0.702. The van der Waals surface area contributed by atoms with E-state index in [4.69, 9.17) is 9.47 Å². The van der Waals surface area contributed by atoms with Crippen LogP contribution in [0.25, 0.3) is 0 Å². The maximum atomic E-state index is 12.8. The number of amides is 1. The van der Waals surface area contributed by atoms with Crippen molar-refractivity contribution >= 4 is 5.91 Å². The zero-order chi connectivity index (χ0) is 18.9. The minimum absolute atomic E-state index is 0.110. The smallest absolute Gasteiger partial charge is 0.251 e. The van der Waals surface area contributed by atoms with Gasteiger partial charge in [0.05, 0.1) is 13.2 Å². The van der Waals surface area contributed by atoms with Gasteiger partial charge in [0.2, 0.25) is 0 Å². The molecule has 0 aliphatic heterocycles. The fraction of sp³-hybridized carbons (Fsp3) is 0.286. The lowest BCUT2D eigenvalue weighted by Gasteiger charge is -2.23. The summed E-state index contributed by atoms with van der Waals surface area (Å²) in [5.74, 6) is 0.939. The van der Waals surface area contributed by atoms with Crippen molar-refractivity contribution in [3.05, 3.63) is 72.3 Å². The molecular formula is C21H26N2O3. The van der Waals surface area contributed by atoms with Crippen molar-refractivity contribution in [1.82, 2.24) is 10.2 Å². The fourth-order valence-electron chi connectivity index (χ4n) is 2.60. The number of nitrogens with one attached hydrogen (secondary N) is 1. The summed E-state index contributed by atoms with van der Waals surface area (Å²) in [5.41, 5.74) is 1.58. The zero-order valence-electron chi connectivity index (χ0n) is 15.6. The van der Waals surface area contributed by atoms with Gasteiger partial charge in [0.15, 0.2) is 11.5 Å². The van der Waals surface area contributed by atoms with Crippen LogP contribution < -0.4 is 14.8 Å². The summed E-state index contributed by atoms with van der Waals surface area (Å²) in [6.07, 6.45) is 1.66. The first-order valence-electron chi connectivity index (χ1n) is 8.47. The number of methoxy groups -OCH3 is 1. The van der Waals surface area contributed by atoms with Gasteiger partial charge in [-0.25, -0.2) is 0 Å². The molecule has 1 unspecified atom stereocenters. The summed E-state index contributed by atoms with van der Waals surface area (Å²) in [6, 6.07) is 15.0. The highest BCUT2D eigenvalue weighted by Crippen LogP contribution is 2.28. The predicted molar refractivity (Wildman–Crippen MR) is 104 cm³/mol. The maximum absolute atomic E-state index is 12.8. The monoisotopic (exact) mass is 354 g/mol. The topological polar surface area (TPSA) is 50.8 Å². The highest BCUT2D eigenvalue weighted by Gasteiger charge is 2.18. The van der Waals surface area contributed by atoms with Gasteiger partial charge in [-0.05, 0) is 37.9 Å². The minimum atomic E-state index is -0.158. The first kappa shape index (κ1) is 19.5. The molecule has 0 aliphatic carbocycles. The van der Waals surface area contributed by atoms with Gasteiger partial charge in [-0.2, -0.15) is 0 Å². The summed E-state index contributed by atoms with van der Waals surface area (Å²) < 4.78 is 10.9. The average molecular weight is 354 g/mol. The molecule has 5 heteroatoms. The molecule has 0 fully saturated rings. The summed E-state index contributed by atoms with van der Waals surface area (Å²) in [7, 11) is 5.52. The van der Waals surface area contributed by atoms with Gasteiger partial charge in [-0.3, -0.25) is 4.79 Å². The van der Waals surface area contributed by atoms with Gasteiger partial charge in [0.1, 0.15) is 6.61 Å². The second kappa shape index (κ2) is 9.63. The van der Waals surface area contributed by atoms with Crippen molar-refractivity contribution in [1.29, 1.82) is 0 Å². The molecule has 0 aliphatic rings. The molecule has 1 amide bonds. The van der Waals surface area contributed by atoms with Crippen LogP contribution in [0.5, 0.6) is 11.5 Å². The summed E-state index contributed by atoms with van der Waals surface area (Å²) >= 11 is 0. The predicted octanol–water partition coefficient (Wildman–Crippen LogP) is 3.29. The van der Waals surface area contributed by atoms with Crippen molar-refractivity contribution in [2.24, 2.45) is 0 Å². The van der Waals surface area contributed by atoms with Gasteiger partial charge >= 0.3 is 0 Å². The van der Waals surface area contributed by atoms with Crippen molar-refractivity contribution in [2.45, 2.75) is 6.04 Å². The lowest BCUT2D eigenvalue weighted by Crippen LogP contribution is -2.35. The maximum Gasteiger partial charge on any atom is 0.251 e. The Morgan fingerprint density at radius 2 is 1.92 bits per heavy atom. The van der Waals surface area contributed by atoms with Crippen LogP contribution in [0.1, 0.15) is 22.0 Å². The molecule has 0 spiro atoms. The Balaban J connectivity index is 2.19. The van der Waals surface area contributed by atoms with Gasteiger partial charge < -0.3 is 19.7 Å². The largest absolute Gasteiger partial charge is 0.493 e. The summed E-state index contributed by atoms with van der Waals surface area (Å²) in [5, 5.41) is 3.10. The molecule has 0 saturated carbocycles. The summed E-state index contributed by atoms with van der Waals surface area (Å²) in [6.45, 7) is 4.71. The first-order chi connectivity index (χ1) is 12.5. The van der Waals surface area contributed by atoms with Gasteiger partial charge in [-0.1, -0.05) is 43.0 Å². The SMILES string of the molecule is C=CCOc1ccc(C(=O)NC(CN(C)C)c2ccccc2)cc1OC. The Morgan fingerprint density at radius 1 is 1.19 bits per heavy atom. The van der Waals surface area contributed by atoms with E-state index >= 15 is 0 Å². The molecule has 1 atom stereocenters. The van der Waals surface area contributed by atoms with Crippen molar-refractivity contribution < 1.29 is 14.3 Å². The molecule has 0 radical (unpaired) electrons. The molecule has 1 N–H and O–H groups in total. The van der Waals surface area contributed by atoms with Crippen LogP contribution >= 0.6 is 0 Å². The standard InChI is InChI=1S/C21H26N2O3/c1-5-13-26-19-12-11-17(14-20(19)25-4)21(24)22-18(15-23(2)3)16-9-7-6-8-10-16/h5-12,14,18H,1,13,15H2,2-4H3,(H,22,24). The van der Waals surface area contributed by atoms with Crippen molar-refractivity contribution in [2.75, 3.05) is 34.4 Å². The zero-order valence-corrected chi connectivity index (χ0v) is 15.6. The first-order valence-corrected chi connectivity index (χ1v) is 8.47. The lowest BCUT2D eigenvalue weighted by atomic mass is 10.1. The van der Waals surface area contributed by atoms with E-state index in [9.17, 15) is 4.79 Å². The molecule has 138 valence electrons. The van der Waals surface area contributed by atoms with Crippen LogP contribution in [0, 0.1) is 0 Å². The normalized spacial score (nSPS) is 11.7. The molecule has 26 heavy (non-hydrogen) atoms. The van der Waals surface area contributed by atoms with E-state index in [0.29, 0.717) is 30.2 Å². The molecule has 5 nitrogen and oxygen atoms in total. The highest BCUT2D eigenvalue weighted by molar-refractivity contribution is 5.95. The van der Waals surface area contributed by atoms with Crippen molar-refractivity contribution in [3.63, 3.8) is 0 Å². The molecule has 2 rings (SSSR count). The van der Waals surface area contributed by atoms with E-state index in [2.05, 4.69) is 11.9 Å². The Morgan fingerprint density at radius 3 is 2.54 bits per heavy atom. The van der Waals surface area contributed by atoms with E-state index in [0.717, 1.165) is 5.56 Å². The molecule has 0 saturated heterocycles. The van der Waals surface area contributed by atoms with Gasteiger partial charge in [-0.15, -0.1) is 0 Å². The lowest BCUT2D eigenvalue weighted by molar-refractivity contribution is 0.0929. The van der Waals surface area contributed by atoms with E-state index in [1.165, 1.54) is 0 Å². The number of carbonyl (C=O) groups is 1. The summed E-state index contributed by atoms with van der Waals surface area (Å²) in [4.78, 5) is 14.8. The molecule has 0 bridgehead atoms. The van der Waals surface area contributed by atoms with Crippen LogP contribution in [-0.4, -0.2) is 45.2 Å². The van der Waals surface area contributed by atoms with E-state index in [1.54, 1.807) is 31.4 Å². The van der Waals surface area contributed by atoms with Crippen LogP contribution in [-0.2, 0) is 0 Å². The van der Waals surface area contributed by atoms with E-state index < -0.39 is 0 Å². The number of hydrogen-bond acceptors (Lipinski definition) is 4. The number of nitrogens with zero attached hydrogens (tertiary/aromatic N) is 1. The number of rotatable bonds is 9. The molecule has 0 heterocycles. The Bertz CT molecular complexity index is 729. The number of ether oxygens (including phenoxy) is 2. The highest BCUT2D eigenvalue weighted by atomic mass is 16.5. The van der Waals surface area contributed by atoms with E-state index in [1.807, 2.05) is 49.3 Å². The molecule has 0 aromatic heterocycles. The Kier molecular flexibility index (Phi) is 7.24. The molecule has 2 aromatic rings. The second-order valence-corrected chi connectivity index (χ2v) is 6.16. The van der Waals surface area contributed by atoms with Crippen LogP contribution in [0.2, 0.25) is 0 Å². The van der Waals surface area contributed by atoms with Crippen LogP contribution in [0.15, 0.2) is 61.2 Å². The Hall–Kier alpha value is -2.79. The fourth-order valence-corrected chi connectivity index (χ4v) is 2.60. The molecule has 2 aromatic carbocycles. The van der Waals surface area contributed by atoms with Gasteiger partial charge in [0.25, 0.3) is 5.91 Å². The van der Waals surface area contributed by atoms with Crippen LogP contribution in [0.4, 0.5) is 0 Å². The van der Waals surface area contributed by atoms with E-state index in [-0.39, 0.29) is 11.9 Å². The number of likely N-dealkylation sites (N-methyl/N-ethyl adjacent to an activating group) is 1. The third-order valence-corrected chi connectivity index (χ3v) is 3.84. The van der Waals surface area contributed by atoms with Crippen molar-refractivity contribution in [3.8, 4) is 11.5 Å². The Labute approximate surface area is 155 Å². The third kappa shape index (κ3) is 5.36. The third-order valence-electron chi connectivity index (χ3n) is 3.84. The molecular weight excluding hydrogens is 328 g/mol. The van der Waals surface area contributed by atoms with Crippen LogP contribution in [0.3, 0.4) is 0 Å².